The van der Waals surface area contributed by atoms with Gasteiger partial charge in [0.1, 0.15) is 0 Å². The average Bonchev–Trinajstić information content (AvgIpc) is 2.76. The zero-order chi connectivity index (χ0) is 40.5. The van der Waals surface area contributed by atoms with Crippen LogP contribution in [0.25, 0.3) is 0 Å². The van der Waals surface area contributed by atoms with Crippen molar-refractivity contribution in [1.29, 1.82) is 0 Å². The highest BCUT2D eigenvalue weighted by molar-refractivity contribution is 5.81. The Morgan fingerprint density at radius 3 is 1.14 bits per heavy atom. The Balaban J connectivity index is 0. The molecule has 294 valence electrons. The highest BCUT2D eigenvalue weighted by Crippen LogP contribution is 2.68. The van der Waals surface area contributed by atoms with E-state index in [-0.39, 0.29) is 14.0 Å². The van der Waals surface area contributed by atoms with Crippen LogP contribution in [0, 0.1) is 10.8 Å². The standard InChI is InChI=1S/C16H20F14O.C8H8F6O4/c1-7-13(8(2,17)18,9(3,19)20)15(27,28)31-16(29,30)14(10(4,21)22,11(5,23)24)12(6,25)26;1-3-5(15)17-4-6(9,10)18-8(13,14)7(11,12)16-2/h7H2,1-6H3;3H,1,4H2,2H3. The third-order valence-corrected chi connectivity index (χ3v) is 6.62. The van der Waals surface area contributed by atoms with Crippen molar-refractivity contribution >= 4 is 5.97 Å². The molecule has 0 saturated carbocycles. The molecule has 0 N–H and O–H groups in total. The average molecular weight is 776 g/mol. The van der Waals surface area contributed by atoms with E-state index in [2.05, 4.69) is 25.5 Å². The van der Waals surface area contributed by atoms with Crippen LogP contribution in [0.4, 0.5) is 87.8 Å². The number of hydrogen-bond donors (Lipinski definition) is 0. The summed E-state index contributed by atoms with van der Waals surface area (Å²) in [5.41, 5.74) is -11.6. The highest BCUT2D eigenvalue weighted by Gasteiger charge is 2.89. The molecule has 0 aliphatic carbocycles. The summed E-state index contributed by atoms with van der Waals surface area (Å²) in [5, 5.41) is 0. The predicted molar refractivity (Wildman–Crippen MR) is 123 cm³/mol. The summed E-state index contributed by atoms with van der Waals surface area (Å²) >= 11 is 0. The summed E-state index contributed by atoms with van der Waals surface area (Å²) in [6.07, 6.45) is -30.9. The molecule has 0 amide bonds. The van der Waals surface area contributed by atoms with Gasteiger partial charge in [0.15, 0.2) is 12.0 Å². The van der Waals surface area contributed by atoms with E-state index < -0.39 is 125 Å². The molecule has 0 heterocycles. The summed E-state index contributed by atoms with van der Waals surface area (Å²) in [7, 11) is 0.174. The van der Waals surface area contributed by atoms with Gasteiger partial charge in [-0.3, -0.25) is 4.74 Å². The first-order chi connectivity index (χ1) is 21.0. The maximum Gasteiger partial charge on any atom is 0.452 e. The number of halogens is 20. The van der Waals surface area contributed by atoms with Gasteiger partial charge in [0.25, 0.3) is 29.6 Å². The molecule has 0 bridgehead atoms. The number of methoxy groups -OCH3 is 1. The van der Waals surface area contributed by atoms with Crippen molar-refractivity contribution in [3.63, 3.8) is 0 Å². The molecule has 0 aliphatic rings. The Labute approximate surface area is 263 Å². The second-order valence-corrected chi connectivity index (χ2v) is 10.4. The van der Waals surface area contributed by atoms with E-state index in [1.54, 1.807) is 0 Å². The van der Waals surface area contributed by atoms with Gasteiger partial charge in [-0.2, -0.15) is 43.9 Å². The van der Waals surface area contributed by atoms with Crippen molar-refractivity contribution in [3.05, 3.63) is 12.7 Å². The van der Waals surface area contributed by atoms with Crippen molar-refractivity contribution in [3.8, 4) is 0 Å². The molecule has 0 atom stereocenters. The van der Waals surface area contributed by atoms with E-state index in [4.69, 9.17) is 0 Å². The van der Waals surface area contributed by atoms with E-state index in [0.717, 1.165) is 0 Å². The van der Waals surface area contributed by atoms with E-state index in [1.807, 2.05) is 0 Å². The van der Waals surface area contributed by atoms with Crippen LogP contribution in [0.15, 0.2) is 12.7 Å². The third-order valence-electron chi connectivity index (χ3n) is 6.62. The van der Waals surface area contributed by atoms with Gasteiger partial charge in [-0.15, -0.1) is 0 Å². The monoisotopic (exact) mass is 776 g/mol. The fourth-order valence-electron chi connectivity index (χ4n) is 4.58. The largest absolute Gasteiger partial charge is 0.453 e. The summed E-state index contributed by atoms with van der Waals surface area (Å²) in [4.78, 5) is 10.4. The van der Waals surface area contributed by atoms with Gasteiger partial charge in [0.05, 0.1) is 0 Å². The first kappa shape index (κ1) is 48.8. The predicted octanol–water partition coefficient (Wildman–Crippen LogP) is 10.0. The van der Waals surface area contributed by atoms with Crippen molar-refractivity contribution in [2.75, 3.05) is 13.7 Å². The normalized spacial score (nSPS) is 15.4. The van der Waals surface area contributed by atoms with E-state index >= 15 is 0 Å². The Hall–Kier alpha value is -2.31. The number of rotatable bonds is 17. The first-order valence-corrected chi connectivity index (χ1v) is 12.5. The molecule has 0 saturated heterocycles. The molecule has 0 aromatic rings. The van der Waals surface area contributed by atoms with Gasteiger partial charge >= 0.3 is 36.5 Å². The Bertz CT molecular complexity index is 1060. The van der Waals surface area contributed by atoms with E-state index in [1.165, 1.54) is 0 Å². The van der Waals surface area contributed by atoms with Crippen molar-refractivity contribution in [2.24, 2.45) is 10.8 Å². The quantitative estimate of drug-likeness (QED) is 0.0837. The minimum Gasteiger partial charge on any atom is -0.453 e. The second kappa shape index (κ2) is 14.4. The minimum atomic E-state index is -7.03. The minimum absolute atomic E-state index is 0.174. The first-order valence-electron chi connectivity index (χ1n) is 12.5. The fraction of sp³-hybridized carbons (Fsp3) is 0.875. The van der Waals surface area contributed by atoms with Crippen LogP contribution in [0.2, 0.25) is 0 Å². The second-order valence-electron chi connectivity index (χ2n) is 10.4. The van der Waals surface area contributed by atoms with Crippen molar-refractivity contribution < 1.29 is 112 Å². The van der Waals surface area contributed by atoms with Gasteiger partial charge in [-0.25, -0.2) is 53.4 Å². The SMILES string of the molecule is C=CC(=O)OCC(F)(F)OC(F)(F)C(F)(F)OC.CCC(C(C)(F)F)(C(C)(F)F)C(F)(F)OC(F)(F)C(C(C)(F)F)(C(C)(F)F)C(C)(F)F. The molecule has 0 aliphatic heterocycles. The maximum absolute atomic E-state index is 14.5. The van der Waals surface area contributed by atoms with Gasteiger partial charge in [-0.1, -0.05) is 13.5 Å². The highest BCUT2D eigenvalue weighted by atomic mass is 19.3. The number of ether oxygens (including phenoxy) is 4. The topological polar surface area (TPSA) is 54.0 Å². The number of alkyl halides is 20. The van der Waals surface area contributed by atoms with Crippen molar-refractivity contribution in [2.45, 2.75) is 108 Å². The summed E-state index contributed by atoms with van der Waals surface area (Å²) in [6, 6.07) is 0. The number of carbonyl (C=O) groups is 1. The third kappa shape index (κ3) is 9.52. The molecule has 0 rings (SSSR count). The Kier molecular flexibility index (Phi) is 14.3. The van der Waals surface area contributed by atoms with Gasteiger partial charge in [0.2, 0.25) is 5.41 Å². The van der Waals surface area contributed by atoms with Crippen LogP contribution >= 0.6 is 0 Å². The smallest absolute Gasteiger partial charge is 0.452 e. The molecular weight excluding hydrogens is 748 g/mol. The zero-order valence-electron chi connectivity index (χ0n) is 25.8. The molecule has 0 spiro atoms. The van der Waals surface area contributed by atoms with Crippen molar-refractivity contribution in [1.82, 2.24) is 0 Å². The molecular formula is C24H28F20O5. The van der Waals surface area contributed by atoms with Gasteiger partial charge in [0, 0.05) is 47.8 Å². The molecule has 0 unspecified atom stereocenters. The van der Waals surface area contributed by atoms with E-state index in [9.17, 15) is 92.6 Å². The van der Waals surface area contributed by atoms with Gasteiger partial charge < -0.3 is 9.47 Å². The lowest BCUT2D eigenvalue weighted by Crippen LogP contribution is -2.73. The Morgan fingerprint density at radius 2 is 0.898 bits per heavy atom. The lowest BCUT2D eigenvalue weighted by Gasteiger charge is -2.52. The lowest BCUT2D eigenvalue weighted by molar-refractivity contribution is -0.518. The molecule has 5 nitrogen and oxygen atoms in total. The number of hydrogen-bond acceptors (Lipinski definition) is 5. The van der Waals surface area contributed by atoms with Gasteiger partial charge in [-0.05, 0) is 6.42 Å². The Morgan fingerprint density at radius 1 is 0.551 bits per heavy atom. The fourth-order valence-corrected chi connectivity index (χ4v) is 4.58. The van der Waals surface area contributed by atoms with Crippen LogP contribution in [-0.4, -0.2) is 79.8 Å². The van der Waals surface area contributed by atoms with E-state index in [0.29, 0.717) is 6.08 Å². The van der Waals surface area contributed by atoms with Crippen LogP contribution in [0.3, 0.4) is 0 Å². The maximum atomic E-state index is 14.5. The summed E-state index contributed by atoms with van der Waals surface area (Å²) in [5.74, 6) is -29.7. The molecule has 49 heavy (non-hydrogen) atoms. The summed E-state index contributed by atoms with van der Waals surface area (Å²) in [6.45, 7) is -2.75. The number of esters is 1. The molecule has 25 heteroatoms. The van der Waals surface area contributed by atoms with Crippen LogP contribution in [0.5, 0.6) is 0 Å². The zero-order valence-corrected chi connectivity index (χ0v) is 25.8. The number of carbonyl (C=O) groups excluding carboxylic acids is 1. The van der Waals surface area contributed by atoms with Crippen LogP contribution in [0.1, 0.15) is 48.0 Å². The summed E-state index contributed by atoms with van der Waals surface area (Å²) < 4.78 is 284. The molecule has 0 aromatic heterocycles. The van der Waals surface area contributed by atoms with Crippen LogP contribution in [-0.2, 0) is 23.7 Å². The molecule has 0 fully saturated rings. The molecule has 0 radical (unpaired) electrons. The lowest BCUT2D eigenvalue weighted by atomic mass is 9.69. The van der Waals surface area contributed by atoms with Crippen LogP contribution < -0.4 is 0 Å². The molecule has 0 aromatic carbocycles.